The lowest BCUT2D eigenvalue weighted by Crippen LogP contribution is -1.95. The Morgan fingerprint density at radius 3 is 3.00 bits per heavy atom. The van der Waals surface area contributed by atoms with Crippen LogP contribution in [0.25, 0.3) is 10.9 Å². The summed E-state index contributed by atoms with van der Waals surface area (Å²) in [5, 5.41) is 9.53. The van der Waals surface area contributed by atoms with Gasteiger partial charge in [0.2, 0.25) is 0 Å². The predicted molar refractivity (Wildman–Crippen MR) is 47.5 cm³/mol. The van der Waals surface area contributed by atoms with Crippen LogP contribution in [0.2, 0.25) is 0 Å². The first-order chi connectivity index (χ1) is 6.27. The Bertz CT molecular complexity index is 465. The van der Waals surface area contributed by atoms with Crippen molar-refractivity contribution in [1.29, 1.82) is 0 Å². The molecular formula is C10H6NO2. The average Bonchev–Trinajstić information content (AvgIpc) is 2.17. The van der Waals surface area contributed by atoms with E-state index in [-0.39, 0.29) is 5.56 Å². The minimum atomic E-state index is -0.922. The molecule has 3 heteroatoms. The summed E-state index contributed by atoms with van der Waals surface area (Å²) in [5.74, 6) is -0.922. The Hall–Kier alpha value is -1.90. The zero-order valence-corrected chi connectivity index (χ0v) is 6.69. The smallest absolute Gasteiger partial charge is 0.335 e. The Morgan fingerprint density at radius 2 is 2.23 bits per heavy atom. The third kappa shape index (κ3) is 1.36. The van der Waals surface area contributed by atoms with E-state index in [0.29, 0.717) is 0 Å². The molecule has 1 heterocycles. The van der Waals surface area contributed by atoms with E-state index in [4.69, 9.17) is 5.11 Å². The second-order valence-electron chi connectivity index (χ2n) is 2.65. The van der Waals surface area contributed by atoms with E-state index in [0.717, 1.165) is 10.9 Å². The molecule has 63 valence electrons. The number of fused-ring (bicyclic) bond motifs is 1. The fraction of sp³-hybridized carbons (Fsp3) is 0. The fourth-order valence-corrected chi connectivity index (χ4v) is 1.16. The van der Waals surface area contributed by atoms with Crippen molar-refractivity contribution in [2.24, 2.45) is 0 Å². The first-order valence-corrected chi connectivity index (χ1v) is 3.77. The van der Waals surface area contributed by atoms with Crippen molar-refractivity contribution in [2.45, 2.75) is 0 Å². The summed E-state index contributed by atoms with van der Waals surface area (Å²) in [6.45, 7) is 0. The van der Waals surface area contributed by atoms with E-state index in [1.54, 1.807) is 24.3 Å². The molecule has 0 spiro atoms. The van der Waals surface area contributed by atoms with Crippen LogP contribution in [-0.4, -0.2) is 16.1 Å². The lowest BCUT2D eigenvalue weighted by molar-refractivity contribution is 0.0697. The van der Waals surface area contributed by atoms with E-state index in [1.165, 1.54) is 6.07 Å². The van der Waals surface area contributed by atoms with Crippen molar-refractivity contribution in [3.63, 3.8) is 0 Å². The summed E-state index contributed by atoms with van der Waals surface area (Å²) in [5.41, 5.74) is 1.04. The van der Waals surface area contributed by atoms with Gasteiger partial charge in [0.15, 0.2) is 0 Å². The molecule has 0 bridgehead atoms. The molecule has 2 rings (SSSR count). The molecule has 0 fully saturated rings. The fourth-order valence-electron chi connectivity index (χ4n) is 1.16. The summed E-state index contributed by atoms with van der Waals surface area (Å²) >= 11 is 0. The molecule has 13 heavy (non-hydrogen) atoms. The molecule has 3 nitrogen and oxygen atoms in total. The lowest BCUT2D eigenvalue weighted by atomic mass is 10.1. The quantitative estimate of drug-likeness (QED) is 0.712. The molecule has 0 aliphatic heterocycles. The van der Waals surface area contributed by atoms with Gasteiger partial charge in [0, 0.05) is 5.39 Å². The highest BCUT2D eigenvalue weighted by molar-refractivity contribution is 5.93. The molecular weight excluding hydrogens is 166 g/mol. The van der Waals surface area contributed by atoms with Gasteiger partial charge in [0.1, 0.15) is 0 Å². The van der Waals surface area contributed by atoms with E-state index >= 15 is 0 Å². The minimum Gasteiger partial charge on any atom is -0.478 e. The lowest BCUT2D eigenvalue weighted by Gasteiger charge is -1.97. The maximum atomic E-state index is 10.6. The van der Waals surface area contributed by atoms with Crippen LogP contribution >= 0.6 is 0 Å². The van der Waals surface area contributed by atoms with Crippen LogP contribution in [0.4, 0.5) is 0 Å². The molecule has 0 amide bonds. The second kappa shape index (κ2) is 2.86. The number of aromatic carboxylic acids is 1. The van der Waals surface area contributed by atoms with E-state index < -0.39 is 5.97 Å². The minimum absolute atomic E-state index is 0.278. The van der Waals surface area contributed by atoms with Crippen molar-refractivity contribution >= 4 is 16.9 Å². The number of carbonyl (C=O) groups is 1. The van der Waals surface area contributed by atoms with Gasteiger partial charge in [0.05, 0.1) is 17.3 Å². The van der Waals surface area contributed by atoms with Crippen LogP contribution in [0.3, 0.4) is 0 Å². The molecule has 0 saturated carbocycles. The van der Waals surface area contributed by atoms with Gasteiger partial charge in [-0.05, 0) is 24.3 Å². The van der Waals surface area contributed by atoms with Gasteiger partial charge in [-0.1, -0.05) is 6.07 Å². The normalized spacial score (nSPS) is 10.2. The van der Waals surface area contributed by atoms with Gasteiger partial charge < -0.3 is 5.11 Å². The molecule has 1 N–H and O–H groups in total. The Labute approximate surface area is 74.7 Å². The summed E-state index contributed by atoms with van der Waals surface area (Å²) in [4.78, 5) is 14.6. The van der Waals surface area contributed by atoms with Crippen LogP contribution in [0, 0.1) is 6.20 Å². The summed E-state index contributed by atoms with van der Waals surface area (Å²) in [6.07, 6.45) is 2.69. The number of hydrogen-bond acceptors (Lipinski definition) is 2. The van der Waals surface area contributed by atoms with Crippen molar-refractivity contribution < 1.29 is 9.90 Å². The number of carboxylic acid groups (broad SMARTS) is 1. The van der Waals surface area contributed by atoms with Crippen molar-refractivity contribution in [1.82, 2.24) is 4.98 Å². The first-order valence-electron chi connectivity index (χ1n) is 3.77. The zero-order chi connectivity index (χ0) is 9.26. The largest absolute Gasteiger partial charge is 0.478 e. The highest BCUT2D eigenvalue weighted by Crippen LogP contribution is 2.12. The number of pyridine rings is 1. The van der Waals surface area contributed by atoms with Crippen molar-refractivity contribution in [3.05, 3.63) is 42.1 Å². The number of benzene rings is 1. The standard InChI is InChI=1S/C10H6NO2/c12-10(13)8-3-4-9-7(6-8)2-1-5-11-9/h1-4,6H,(H,12,13). The summed E-state index contributed by atoms with van der Waals surface area (Å²) in [6, 6.07) is 8.25. The molecule has 0 saturated heterocycles. The van der Waals surface area contributed by atoms with Gasteiger partial charge in [-0.25, -0.2) is 9.78 Å². The van der Waals surface area contributed by atoms with Crippen LogP contribution in [0.15, 0.2) is 30.3 Å². The molecule has 1 aromatic heterocycles. The van der Waals surface area contributed by atoms with E-state index in [1.807, 2.05) is 0 Å². The molecule has 1 aromatic carbocycles. The van der Waals surface area contributed by atoms with Crippen LogP contribution in [0.1, 0.15) is 10.4 Å². The molecule has 0 aliphatic carbocycles. The molecule has 2 aromatic rings. The van der Waals surface area contributed by atoms with Gasteiger partial charge in [-0.15, -0.1) is 0 Å². The van der Waals surface area contributed by atoms with E-state index in [9.17, 15) is 4.79 Å². The molecule has 0 atom stereocenters. The number of carboxylic acids is 1. The van der Waals surface area contributed by atoms with Crippen LogP contribution < -0.4 is 0 Å². The van der Waals surface area contributed by atoms with Crippen molar-refractivity contribution in [2.75, 3.05) is 0 Å². The SMILES string of the molecule is O=C(O)c1ccc2n[c]ccc2c1. The van der Waals surface area contributed by atoms with Crippen LogP contribution in [0.5, 0.6) is 0 Å². The average molecular weight is 172 g/mol. The van der Waals surface area contributed by atoms with Gasteiger partial charge in [-0.3, -0.25) is 0 Å². The van der Waals surface area contributed by atoms with Gasteiger partial charge in [-0.2, -0.15) is 0 Å². The molecule has 1 radical (unpaired) electrons. The third-order valence-corrected chi connectivity index (χ3v) is 1.80. The molecule has 0 unspecified atom stereocenters. The number of rotatable bonds is 1. The highest BCUT2D eigenvalue weighted by Gasteiger charge is 2.02. The van der Waals surface area contributed by atoms with Crippen molar-refractivity contribution in [3.8, 4) is 0 Å². The van der Waals surface area contributed by atoms with Gasteiger partial charge in [0.25, 0.3) is 0 Å². The Morgan fingerprint density at radius 1 is 1.38 bits per heavy atom. The third-order valence-electron chi connectivity index (χ3n) is 1.80. The summed E-state index contributed by atoms with van der Waals surface area (Å²) < 4.78 is 0. The zero-order valence-electron chi connectivity index (χ0n) is 6.69. The molecule has 0 aliphatic rings. The monoisotopic (exact) mass is 172 g/mol. The predicted octanol–water partition coefficient (Wildman–Crippen LogP) is 1.73. The second-order valence-corrected chi connectivity index (χ2v) is 2.65. The number of aromatic nitrogens is 1. The van der Waals surface area contributed by atoms with Gasteiger partial charge >= 0.3 is 5.97 Å². The number of hydrogen-bond donors (Lipinski definition) is 1. The topological polar surface area (TPSA) is 50.2 Å². The number of nitrogens with zero attached hydrogens (tertiary/aromatic N) is 1. The maximum Gasteiger partial charge on any atom is 0.335 e. The Kier molecular flexibility index (Phi) is 1.70. The maximum absolute atomic E-state index is 10.6. The highest BCUT2D eigenvalue weighted by atomic mass is 16.4. The Balaban J connectivity index is 2.69. The van der Waals surface area contributed by atoms with Crippen LogP contribution in [-0.2, 0) is 0 Å². The van der Waals surface area contributed by atoms with E-state index in [2.05, 4.69) is 11.2 Å². The first kappa shape index (κ1) is 7.73. The summed E-state index contributed by atoms with van der Waals surface area (Å²) in [7, 11) is 0.